The summed E-state index contributed by atoms with van der Waals surface area (Å²) < 4.78 is 6.83. The highest BCUT2D eigenvalue weighted by atomic mass is 127. The lowest BCUT2D eigenvalue weighted by molar-refractivity contribution is -0.153. The number of phenolic OH excluding ortho intramolecular Hbond substituents is 1. The van der Waals surface area contributed by atoms with Crippen molar-refractivity contribution >= 4 is 45.8 Å². The second kappa shape index (κ2) is 10.2. The molecule has 0 radical (unpaired) electrons. The number of amides is 1. The molecule has 4 aliphatic carbocycles. The first-order valence-electron chi connectivity index (χ1n) is 13.2. The third kappa shape index (κ3) is 4.28. The van der Waals surface area contributed by atoms with Gasteiger partial charge in [-0.2, -0.15) is 0 Å². The summed E-state index contributed by atoms with van der Waals surface area (Å²) in [5.74, 6) is -6.50. The molecule has 0 heterocycles. The number of hydrogen-bond donors (Lipinski definition) is 5. The molecular formula is C28H33IN2O8. The van der Waals surface area contributed by atoms with E-state index in [4.69, 9.17) is 10.5 Å². The van der Waals surface area contributed by atoms with E-state index in [9.17, 15) is 34.8 Å². The summed E-state index contributed by atoms with van der Waals surface area (Å²) in [6.07, 6.45) is 5.71. The van der Waals surface area contributed by atoms with Gasteiger partial charge in [-0.1, -0.05) is 19.3 Å². The van der Waals surface area contributed by atoms with Gasteiger partial charge in [-0.25, -0.2) is 0 Å². The second-order valence-corrected chi connectivity index (χ2v) is 12.4. The number of aromatic hydroxyl groups is 1. The Labute approximate surface area is 239 Å². The lowest BCUT2D eigenvalue weighted by Crippen LogP contribution is -2.65. The maximum absolute atomic E-state index is 14.0. The number of carbonyl (C=O) groups is 3. The van der Waals surface area contributed by atoms with Gasteiger partial charge >= 0.3 is 0 Å². The first-order chi connectivity index (χ1) is 18.4. The number of ether oxygens (including phenoxy) is 1. The van der Waals surface area contributed by atoms with Crippen molar-refractivity contribution in [2.24, 2.45) is 17.6 Å². The van der Waals surface area contributed by atoms with Crippen LogP contribution in [0.25, 0.3) is 5.76 Å². The Morgan fingerprint density at radius 3 is 2.46 bits per heavy atom. The molecule has 6 N–H and O–H groups in total. The average Bonchev–Trinajstić information content (AvgIpc) is 2.87. The fourth-order valence-electron chi connectivity index (χ4n) is 6.87. The molecule has 2 saturated carbocycles. The molecule has 10 nitrogen and oxygen atoms in total. The smallest absolute Gasteiger partial charge is 0.255 e. The molecule has 11 heteroatoms. The van der Waals surface area contributed by atoms with Gasteiger partial charge in [0.1, 0.15) is 22.8 Å². The molecule has 5 rings (SSSR count). The van der Waals surface area contributed by atoms with Gasteiger partial charge in [0.05, 0.1) is 24.3 Å². The zero-order valence-corrected chi connectivity index (χ0v) is 24.0. The molecule has 0 aromatic heterocycles. The fraction of sp³-hybridized carbons (Fsp3) is 0.536. The molecular weight excluding hydrogens is 619 g/mol. The molecule has 2 fully saturated rings. The topological polar surface area (TPSA) is 171 Å². The van der Waals surface area contributed by atoms with Crippen LogP contribution >= 0.6 is 22.6 Å². The van der Waals surface area contributed by atoms with Crippen LogP contribution in [0.1, 0.15) is 55.2 Å². The van der Waals surface area contributed by atoms with Gasteiger partial charge in [0.15, 0.2) is 11.4 Å². The van der Waals surface area contributed by atoms with E-state index in [1.807, 2.05) is 6.07 Å². The summed E-state index contributed by atoms with van der Waals surface area (Å²) >= 11 is 2.13. The lowest BCUT2D eigenvalue weighted by Gasteiger charge is -2.50. The minimum absolute atomic E-state index is 0.0646. The van der Waals surface area contributed by atoms with Crippen LogP contribution in [0.4, 0.5) is 0 Å². The largest absolute Gasteiger partial charge is 0.508 e. The molecule has 39 heavy (non-hydrogen) atoms. The lowest BCUT2D eigenvalue weighted by atomic mass is 9.57. The molecule has 0 spiro atoms. The predicted octanol–water partition coefficient (Wildman–Crippen LogP) is 2.42. The predicted molar refractivity (Wildman–Crippen MR) is 149 cm³/mol. The minimum atomic E-state index is -2.64. The number of hydrogen-bond acceptors (Lipinski definition) is 9. The summed E-state index contributed by atoms with van der Waals surface area (Å²) in [6, 6.07) is 0.714. The third-order valence-corrected chi connectivity index (χ3v) is 9.73. The van der Waals surface area contributed by atoms with Crippen LogP contribution in [-0.2, 0) is 32.1 Å². The highest BCUT2D eigenvalue weighted by Gasteiger charge is 2.64. The zero-order chi connectivity index (χ0) is 28.4. The molecule has 0 saturated heterocycles. The van der Waals surface area contributed by atoms with Crippen molar-refractivity contribution in [2.75, 3.05) is 14.1 Å². The zero-order valence-electron chi connectivity index (χ0n) is 21.9. The Morgan fingerprint density at radius 2 is 1.85 bits per heavy atom. The number of nitrogens with zero attached hydrogens (tertiary/aromatic N) is 1. The maximum atomic E-state index is 14.0. The van der Waals surface area contributed by atoms with Crippen molar-refractivity contribution in [3.63, 3.8) is 0 Å². The van der Waals surface area contributed by atoms with E-state index in [0.29, 0.717) is 11.1 Å². The molecule has 0 bridgehead atoms. The van der Waals surface area contributed by atoms with Crippen LogP contribution < -0.4 is 5.73 Å². The standard InChI is InChI=1S/C28H33IN2O8/c1-31(2)21-16-9-12-8-15-17(29)10-13(11-39-14-6-4-3-5-7-14)22(32)19(15)23(33)18(12)25(35)28(16,38)26(36)20(24(21)34)27(30)37/h10,12,14,16,21,32-33,36,38H,3-9,11H2,1-2H3,(H2,30,37). The van der Waals surface area contributed by atoms with Crippen molar-refractivity contribution in [3.05, 3.63) is 43.2 Å². The third-order valence-electron chi connectivity index (χ3n) is 8.77. The number of likely N-dealkylation sites (N-methyl/N-ethyl adjacent to an activating group) is 1. The number of Topliss-reactive ketones (excluding diaryl/α,β-unsaturated/α-hetero) is 2. The summed E-state index contributed by atoms with van der Waals surface area (Å²) in [6.45, 7) is 0.143. The van der Waals surface area contributed by atoms with Crippen LogP contribution in [0.2, 0.25) is 0 Å². The highest BCUT2D eigenvalue weighted by molar-refractivity contribution is 14.1. The van der Waals surface area contributed by atoms with Gasteiger partial charge in [0.2, 0.25) is 5.78 Å². The van der Waals surface area contributed by atoms with Gasteiger partial charge < -0.3 is 30.9 Å². The fourth-order valence-corrected chi connectivity index (χ4v) is 7.73. The Bertz CT molecular complexity index is 1330. The molecule has 1 amide bonds. The summed E-state index contributed by atoms with van der Waals surface area (Å²) in [4.78, 5) is 40.7. The first kappa shape index (κ1) is 28.1. The minimum Gasteiger partial charge on any atom is -0.508 e. The normalized spacial score (nSPS) is 29.4. The number of carbonyl (C=O) groups excluding carboxylic acids is 3. The highest BCUT2D eigenvalue weighted by Crippen LogP contribution is 2.53. The van der Waals surface area contributed by atoms with E-state index in [1.54, 1.807) is 14.1 Å². The molecule has 4 unspecified atom stereocenters. The van der Waals surface area contributed by atoms with Crippen LogP contribution in [0, 0.1) is 15.4 Å². The summed E-state index contributed by atoms with van der Waals surface area (Å²) in [5.41, 5.74) is 2.97. The van der Waals surface area contributed by atoms with Crippen molar-refractivity contribution in [2.45, 2.75) is 69.3 Å². The summed E-state index contributed by atoms with van der Waals surface area (Å²) in [5, 5.41) is 45.3. The number of fused-ring (bicyclic) bond motifs is 3. The maximum Gasteiger partial charge on any atom is 0.255 e. The number of phenols is 1. The van der Waals surface area contributed by atoms with Gasteiger partial charge in [-0.15, -0.1) is 0 Å². The van der Waals surface area contributed by atoms with Crippen molar-refractivity contribution in [1.29, 1.82) is 0 Å². The number of aliphatic hydroxyl groups is 3. The molecule has 1 aromatic rings. The number of ketones is 2. The Kier molecular flexibility index (Phi) is 7.32. The number of aliphatic hydroxyl groups excluding tert-OH is 2. The Hall–Kier alpha value is -2.48. The number of halogens is 1. The number of nitrogens with two attached hydrogens (primary N) is 1. The van der Waals surface area contributed by atoms with E-state index in [1.165, 1.54) is 11.3 Å². The van der Waals surface area contributed by atoms with E-state index in [2.05, 4.69) is 22.6 Å². The number of rotatable bonds is 5. The molecule has 4 aliphatic rings. The van der Waals surface area contributed by atoms with Crippen LogP contribution in [0.3, 0.4) is 0 Å². The second-order valence-electron chi connectivity index (χ2n) is 11.3. The SMILES string of the molecule is CN(C)C1C(=O)C(C(N)=O)=C(O)C2(O)C(=O)C3=C(O)c4c(O)c(COC5CCCCC5)cc(I)c4CC3CC12. The number of benzene rings is 1. The summed E-state index contributed by atoms with van der Waals surface area (Å²) in [7, 11) is 3.15. The van der Waals surface area contributed by atoms with E-state index >= 15 is 0 Å². The van der Waals surface area contributed by atoms with Crippen molar-refractivity contribution < 1.29 is 39.5 Å². The van der Waals surface area contributed by atoms with Crippen molar-refractivity contribution in [3.8, 4) is 5.75 Å². The molecule has 210 valence electrons. The first-order valence-corrected chi connectivity index (χ1v) is 14.3. The molecule has 4 atom stereocenters. The Balaban J connectivity index is 1.60. The quantitative estimate of drug-likeness (QED) is 0.237. The molecule has 1 aromatic carbocycles. The number of primary amides is 1. The molecule has 0 aliphatic heterocycles. The average molecular weight is 652 g/mol. The van der Waals surface area contributed by atoms with Crippen LogP contribution in [-0.4, -0.2) is 74.6 Å². The Morgan fingerprint density at radius 1 is 1.18 bits per heavy atom. The van der Waals surface area contributed by atoms with Gasteiger partial charge in [-0.05, 0) is 79.9 Å². The van der Waals surface area contributed by atoms with Crippen LogP contribution in [0.15, 0.2) is 23.0 Å². The van der Waals surface area contributed by atoms with Gasteiger partial charge in [0, 0.05) is 20.6 Å². The van der Waals surface area contributed by atoms with Gasteiger partial charge in [-0.3, -0.25) is 19.3 Å². The van der Waals surface area contributed by atoms with E-state index < -0.39 is 58.0 Å². The van der Waals surface area contributed by atoms with Crippen LogP contribution in [0.5, 0.6) is 5.75 Å². The van der Waals surface area contributed by atoms with E-state index in [-0.39, 0.29) is 42.4 Å². The van der Waals surface area contributed by atoms with E-state index in [0.717, 1.165) is 29.3 Å². The van der Waals surface area contributed by atoms with Gasteiger partial charge in [0.25, 0.3) is 5.91 Å². The monoisotopic (exact) mass is 652 g/mol. The van der Waals surface area contributed by atoms with Crippen molar-refractivity contribution in [1.82, 2.24) is 4.90 Å².